The lowest BCUT2D eigenvalue weighted by atomic mass is 9.82. The Morgan fingerprint density at radius 3 is 2.00 bits per heavy atom. The van der Waals surface area contributed by atoms with E-state index in [4.69, 9.17) is 0 Å². The average molecular weight is 226 g/mol. The Bertz CT molecular complexity index is 310. The minimum atomic E-state index is -0.490. The van der Waals surface area contributed by atoms with Crippen molar-refractivity contribution < 1.29 is 9.59 Å². The van der Waals surface area contributed by atoms with E-state index in [2.05, 4.69) is 26.1 Å². The van der Waals surface area contributed by atoms with Gasteiger partial charge in [0, 0.05) is 12.1 Å². The molecule has 0 bridgehead atoms. The van der Waals surface area contributed by atoms with Gasteiger partial charge < -0.3 is 10.2 Å². The lowest BCUT2D eigenvalue weighted by Crippen LogP contribution is -2.66. The summed E-state index contributed by atoms with van der Waals surface area (Å²) in [6.45, 7) is 12.7. The lowest BCUT2D eigenvalue weighted by Gasteiger charge is -2.49. The van der Waals surface area contributed by atoms with E-state index in [1.54, 1.807) is 4.90 Å². The molecule has 0 aliphatic carbocycles. The molecule has 1 atom stereocenters. The van der Waals surface area contributed by atoms with Crippen molar-refractivity contribution in [3.8, 4) is 0 Å². The third kappa shape index (κ3) is 2.36. The first-order chi connectivity index (χ1) is 7.05. The van der Waals surface area contributed by atoms with E-state index in [1.165, 1.54) is 0 Å². The maximum absolute atomic E-state index is 11.9. The van der Waals surface area contributed by atoms with Crippen LogP contribution in [0.25, 0.3) is 0 Å². The van der Waals surface area contributed by atoms with Crippen LogP contribution in [-0.4, -0.2) is 34.8 Å². The Balaban J connectivity index is 3.10. The molecule has 1 saturated heterocycles. The highest BCUT2D eigenvalue weighted by Gasteiger charge is 2.44. The molecule has 0 radical (unpaired) electrons. The fourth-order valence-electron chi connectivity index (χ4n) is 2.07. The second kappa shape index (κ2) is 3.75. The van der Waals surface area contributed by atoms with Crippen molar-refractivity contribution in [3.05, 3.63) is 0 Å². The minimum absolute atomic E-state index is 0.0395. The van der Waals surface area contributed by atoms with E-state index >= 15 is 0 Å². The van der Waals surface area contributed by atoms with Gasteiger partial charge in [0.15, 0.2) is 0 Å². The van der Waals surface area contributed by atoms with Crippen LogP contribution < -0.4 is 5.32 Å². The van der Waals surface area contributed by atoms with E-state index in [1.807, 2.05) is 20.8 Å². The summed E-state index contributed by atoms with van der Waals surface area (Å²) in [6, 6.07) is 0.0395. The molecule has 1 aliphatic heterocycles. The van der Waals surface area contributed by atoms with Crippen LogP contribution in [0.5, 0.6) is 0 Å². The van der Waals surface area contributed by atoms with Gasteiger partial charge in [-0.25, -0.2) is 0 Å². The molecule has 0 spiro atoms. The molecule has 16 heavy (non-hydrogen) atoms. The van der Waals surface area contributed by atoms with Crippen molar-refractivity contribution in [2.45, 2.75) is 53.1 Å². The van der Waals surface area contributed by atoms with Crippen LogP contribution in [0.2, 0.25) is 0 Å². The molecular formula is C12H22N2O2. The fourth-order valence-corrected chi connectivity index (χ4v) is 2.07. The number of carbonyl (C=O) groups is 2. The number of carbonyl (C=O) groups excluding carboxylic acids is 2. The molecule has 92 valence electrons. The van der Waals surface area contributed by atoms with Crippen LogP contribution >= 0.6 is 0 Å². The van der Waals surface area contributed by atoms with Crippen LogP contribution in [0.3, 0.4) is 0 Å². The van der Waals surface area contributed by atoms with Gasteiger partial charge in [-0.2, -0.15) is 0 Å². The Labute approximate surface area is 97.4 Å². The zero-order valence-corrected chi connectivity index (χ0v) is 11.0. The monoisotopic (exact) mass is 226 g/mol. The predicted octanol–water partition coefficient (Wildman–Crippen LogP) is 1.16. The highest BCUT2D eigenvalue weighted by Crippen LogP contribution is 2.31. The third-order valence-corrected chi connectivity index (χ3v) is 2.90. The zero-order chi connectivity index (χ0) is 12.7. The summed E-state index contributed by atoms with van der Waals surface area (Å²) < 4.78 is 0. The van der Waals surface area contributed by atoms with E-state index in [0.29, 0.717) is 6.54 Å². The number of piperazine rings is 1. The number of amides is 2. The summed E-state index contributed by atoms with van der Waals surface area (Å²) in [4.78, 5) is 25.1. The quantitative estimate of drug-likeness (QED) is 0.630. The van der Waals surface area contributed by atoms with Crippen LogP contribution in [0.4, 0.5) is 0 Å². The second-order valence-electron chi connectivity index (χ2n) is 6.44. The molecule has 4 nitrogen and oxygen atoms in total. The number of hydrogen-bond donors (Lipinski definition) is 1. The smallest absolute Gasteiger partial charge is 0.312 e. The van der Waals surface area contributed by atoms with Gasteiger partial charge in [-0.1, -0.05) is 20.8 Å². The molecule has 1 N–H and O–H groups in total. The molecule has 1 fully saturated rings. The van der Waals surface area contributed by atoms with Gasteiger partial charge in [-0.3, -0.25) is 9.59 Å². The molecule has 0 saturated carbocycles. The van der Waals surface area contributed by atoms with E-state index in [-0.39, 0.29) is 17.0 Å². The minimum Gasteiger partial charge on any atom is -0.346 e. The second-order valence-corrected chi connectivity index (χ2v) is 6.44. The Morgan fingerprint density at radius 2 is 1.62 bits per heavy atom. The molecule has 1 unspecified atom stereocenters. The van der Waals surface area contributed by atoms with E-state index in [9.17, 15) is 9.59 Å². The molecule has 0 aromatic rings. The summed E-state index contributed by atoms with van der Waals surface area (Å²) in [7, 11) is 0. The molecule has 0 aromatic heterocycles. The number of hydrogen-bond acceptors (Lipinski definition) is 2. The molecule has 1 heterocycles. The predicted molar refractivity (Wildman–Crippen MR) is 62.9 cm³/mol. The molecule has 0 aromatic carbocycles. The van der Waals surface area contributed by atoms with Crippen LogP contribution in [0.1, 0.15) is 41.5 Å². The van der Waals surface area contributed by atoms with Gasteiger partial charge in [0.1, 0.15) is 0 Å². The topological polar surface area (TPSA) is 49.4 Å². The van der Waals surface area contributed by atoms with Gasteiger partial charge in [0.25, 0.3) is 0 Å². The van der Waals surface area contributed by atoms with Crippen molar-refractivity contribution in [3.63, 3.8) is 0 Å². The summed E-state index contributed by atoms with van der Waals surface area (Å²) >= 11 is 0. The molecular weight excluding hydrogens is 204 g/mol. The first-order valence-electron chi connectivity index (χ1n) is 5.66. The summed E-state index contributed by atoms with van der Waals surface area (Å²) in [5.41, 5.74) is -0.372. The fraction of sp³-hybridized carbons (Fsp3) is 0.833. The van der Waals surface area contributed by atoms with Crippen molar-refractivity contribution in [2.24, 2.45) is 5.41 Å². The van der Waals surface area contributed by atoms with Gasteiger partial charge in [0.2, 0.25) is 0 Å². The SMILES string of the molecule is CC(C)(C)C1CNC(=O)C(=O)N1C(C)(C)C. The van der Waals surface area contributed by atoms with Crippen molar-refractivity contribution in [1.82, 2.24) is 10.2 Å². The lowest BCUT2D eigenvalue weighted by molar-refractivity contribution is -0.158. The summed E-state index contributed by atoms with van der Waals surface area (Å²) in [6.07, 6.45) is 0. The third-order valence-electron chi connectivity index (χ3n) is 2.90. The number of rotatable bonds is 0. The average Bonchev–Trinajstić information content (AvgIpc) is 2.05. The van der Waals surface area contributed by atoms with Crippen LogP contribution in [0.15, 0.2) is 0 Å². The largest absolute Gasteiger partial charge is 0.346 e. The number of nitrogens with zero attached hydrogens (tertiary/aromatic N) is 1. The number of nitrogens with one attached hydrogen (secondary N) is 1. The van der Waals surface area contributed by atoms with E-state index in [0.717, 1.165) is 0 Å². The maximum atomic E-state index is 11.9. The zero-order valence-electron chi connectivity index (χ0n) is 11.0. The van der Waals surface area contributed by atoms with Crippen molar-refractivity contribution in [2.75, 3.05) is 6.54 Å². The Hall–Kier alpha value is -1.06. The Kier molecular flexibility index (Phi) is 3.05. The molecule has 1 aliphatic rings. The van der Waals surface area contributed by atoms with E-state index < -0.39 is 11.8 Å². The first kappa shape index (κ1) is 13.0. The van der Waals surface area contributed by atoms with Crippen molar-refractivity contribution >= 4 is 11.8 Å². The van der Waals surface area contributed by atoms with Crippen molar-refractivity contribution in [1.29, 1.82) is 0 Å². The van der Waals surface area contributed by atoms with Gasteiger partial charge in [-0.15, -0.1) is 0 Å². The van der Waals surface area contributed by atoms with Crippen LogP contribution in [0, 0.1) is 5.41 Å². The maximum Gasteiger partial charge on any atom is 0.312 e. The van der Waals surface area contributed by atoms with Crippen LogP contribution in [-0.2, 0) is 9.59 Å². The standard InChI is InChI=1S/C12H22N2O2/c1-11(2,3)8-7-13-9(15)10(16)14(8)12(4,5)6/h8H,7H2,1-6H3,(H,13,15). The Morgan fingerprint density at radius 1 is 1.12 bits per heavy atom. The van der Waals surface area contributed by atoms with Gasteiger partial charge in [-0.05, 0) is 26.2 Å². The molecule has 4 heteroatoms. The normalized spacial score (nSPS) is 23.4. The molecule has 2 amide bonds. The van der Waals surface area contributed by atoms with Gasteiger partial charge in [0.05, 0.1) is 6.04 Å². The first-order valence-corrected chi connectivity index (χ1v) is 5.66. The highest BCUT2D eigenvalue weighted by atomic mass is 16.2. The highest BCUT2D eigenvalue weighted by molar-refractivity contribution is 6.35. The van der Waals surface area contributed by atoms with Gasteiger partial charge >= 0.3 is 11.8 Å². The summed E-state index contributed by atoms with van der Waals surface area (Å²) in [5, 5.41) is 2.66. The molecule has 1 rings (SSSR count). The summed E-state index contributed by atoms with van der Waals surface area (Å²) in [5.74, 6) is -0.908.